The van der Waals surface area contributed by atoms with Gasteiger partial charge in [-0.2, -0.15) is 8.78 Å². The van der Waals surface area contributed by atoms with Crippen molar-refractivity contribution in [2.24, 2.45) is 11.8 Å². The van der Waals surface area contributed by atoms with Crippen LogP contribution in [0.3, 0.4) is 0 Å². The lowest BCUT2D eigenvalue weighted by Crippen LogP contribution is -2.32. The lowest BCUT2D eigenvalue weighted by atomic mass is 9.95. The lowest BCUT2D eigenvalue weighted by molar-refractivity contribution is -0.174. The number of hydrogen-bond donors (Lipinski definition) is 0. The summed E-state index contributed by atoms with van der Waals surface area (Å²) in [6.07, 6.45) is 26.0. The Kier molecular flexibility index (Phi) is 25.1. The maximum atomic E-state index is 14.5. The number of unbranched alkanes of at least 4 members (excludes halogenated alkanes) is 15. The van der Waals surface area contributed by atoms with Crippen molar-refractivity contribution in [2.45, 2.75) is 188 Å². The number of halogens is 2. The fourth-order valence-electron chi connectivity index (χ4n) is 5.22. The Bertz CT molecular complexity index is 495. The van der Waals surface area contributed by atoms with Gasteiger partial charge in [-0.15, -0.1) is 0 Å². The first-order valence-electron chi connectivity index (χ1n) is 16.4. The van der Waals surface area contributed by atoms with Crippen molar-refractivity contribution < 1.29 is 18.3 Å². The van der Waals surface area contributed by atoms with Crippen LogP contribution >= 0.6 is 0 Å². The molecule has 0 aliphatic carbocycles. The monoisotopic (exact) mass is 530 g/mol. The van der Waals surface area contributed by atoms with E-state index in [1.807, 2.05) is 0 Å². The first-order valence-corrected chi connectivity index (χ1v) is 16.4. The molecule has 0 bridgehead atoms. The third-order valence-electron chi connectivity index (χ3n) is 7.92. The van der Waals surface area contributed by atoms with Crippen LogP contribution in [0.5, 0.6) is 0 Å². The number of alkyl halides is 2. The standard InChI is InChI=1S/C33H64F2O2/c1-5-8-11-14-16-17-19-24-30(4)25-22-23-28-33(34,35)32(36)37-29-31(26-20-13-10-7-3)27-21-18-15-12-9-6-2/h30-31H,5-29H2,1-4H3. The van der Waals surface area contributed by atoms with Gasteiger partial charge in [-0.25, -0.2) is 4.79 Å². The second-order valence-electron chi connectivity index (χ2n) is 11.8. The average molecular weight is 531 g/mol. The third-order valence-corrected chi connectivity index (χ3v) is 7.92. The van der Waals surface area contributed by atoms with Gasteiger partial charge in [-0.05, 0) is 31.1 Å². The highest BCUT2D eigenvalue weighted by atomic mass is 19.3. The van der Waals surface area contributed by atoms with E-state index < -0.39 is 11.9 Å². The molecule has 222 valence electrons. The molecule has 4 heteroatoms. The minimum Gasteiger partial charge on any atom is -0.461 e. The van der Waals surface area contributed by atoms with Gasteiger partial charge in [0.1, 0.15) is 0 Å². The predicted octanol–water partition coefficient (Wildman–Crippen LogP) is 11.8. The molecule has 0 amide bonds. The number of esters is 1. The predicted molar refractivity (Wildman–Crippen MR) is 156 cm³/mol. The molecule has 0 aliphatic rings. The molecule has 0 aromatic carbocycles. The number of rotatable bonds is 28. The second kappa shape index (κ2) is 25.6. The highest BCUT2D eigenvalue weighted by Crippen LogP contribution is 2.27. The van der Waals surface area contributed by atoms with Gasteiger partial charge < -0.3 is 4.74 Å². The van der Waals surface area contributed by atoms with Crippen LogP contribution < -0.4 is 0 Å². The molecule has 2 nitrogen and oxygen atoms in total. The van der Waals surface area contributed by atoms with E-state index in [9.17, 15) is 13.6 Å². The average Bonchev–Trinajstić information content (AvgIpc) is 2.88. The van der Waals surface area contributed by atoms with Gasteiger partial charge in [0.15, 0.2) is 0 Å². The highest BCUT2D eigenvalue weighted by molar-refractivity contribution is 5.77. The Morgan fingerprint density at radius 2 is 0.973 bits per heavy atom. The van der Waals surface area contributed by atoms with Crippen molar-refractivity contribution >= 4 is 5.97 Å². The molecule has 0 N–H and O–H groups in total. The summed E-state index contributed by atoms with van der Waals surface area (Å²) in [6, 6.07) is 0. The Balaban J connectivity index is 4.17. The minimum absolute atomic E-state index is 0.158. The van der Waals surface area contributed by atoms with Gasteiger partial charge in [-0.3, -0.25) is 0 Å². The Hall–Kier alpha value is -0.670. The first-order chi connectivity index (χ1) is 17.9. The zero-order valence-corrected chi connectivity index (χ0v) is 25.4. The van der Waals surface area contributed by atoms with E-state index in [-0.39, 0.29) is 18.9 Å². The molecule has 0 aromatic heterocycles. The van der Waals surface area contributed by atoms with Crippen LogP contribution in [-0.4, -0.2) is 18.5 Å². The van der Waals surface area contributed by atoms with Gasteiger partial charge >= 0.3 is 11.9 Å². The van der Waals surface area contributed by atoms with Gasteiger partial charge in [-0.1, -0.05) is 156 Å². The summed E-state index contributed by atoms with van der Waals surface area (Å²) in [5, 5.41) is 0. The third kappa shape index (κ3) is 23.0. The molecule has 0 radical (unpaired) electrons. The Morgan fingerprint density at radius 1 is 0.595 bits per heavy atom. The van der Waals surface area contributed by atoms with Crippen molar-refractivity contribution in [2.75, 3.05) is 6.61 Å². The second-order valence-corrected chi connectivity index (χ2v) is 11.8. The summed E-state index contributed by atoms with van der Waals surface area (Å²) in [5.41, 5.74) is 0. The van der Waals surface area contributed by atoms with Crippen molar-refractivity contribution in [1.82, 2.24) is 0 Å². The molecule has 0 spiro atoms. The molecule has 0 rings (SSSR count). The number of hydrogen-bond acceptors (Lipinski definition) is 2. The summed E-state index contributed by atoms with van der Waals surface area (Å²) in [5.74, 6) is -3.86. The van der Waals surface area contributed by atoms with Crippen LogP contribution in [0.1, 0.15) is 182 Å². The van der Waals surface area contributed by atoms with E-state index in [0.717, 1.165) is 38.5 Å². The molecule has 0 fully saturated rings. The summed E-state index contributed by atoms with van der Waals surface area (Å²) in [4.78, 5) is 12.2. The van der Waals surface area contributed by atoms with Crippen LogP contribution in [0.2, 0.25) is 0 Å². The molecule has 2 unspecified atom stereocenters. The summed E-state index contributed by atoms with van der Waals surface area (Å²) >= 11 is 0. The summed E-state index contributed by atoms with van der Waals surface area (Å²) in [7, 11) is 0. The van der Waals surface area contributed by atoms with Gasteiger partial charge in [0, 0.05) is 6.42 Å². The number of carbonyl (C=O) groups excluding carboxylic acids is 1. The minimum atomic E-state index is -3.35. The molecular weight excluding hydrogens is 466 g/mol. The van der Waals surface area contributed by atoms with Crippen molar-refractivity contribution in [3.8, 4) is 0 Å². The van der Waals surface area contributed by atoms with Gasteiger partial charge in [0.2, 0.25) is 0 Å². The topological polar surface area (TPSA) is 26.3 Å². The molecule has 0 saturated heterocycles. The smallest absolute Gasteiger partial charge is 0.376 e. The van der Waals surface area contributed by atoms with Crippen LogP contribution in [0.25, 0.3) is 0 Å². The van der Waals surface area contributed by atoms with Crippen molar-refractivity contribution in [3.63, 3.8) is 0 Å². The highest BCUT2D eigenvalue weighted by Gasteiger charge is 2.40. The molecule has 2 atom stereocenters. The zero-order valence-electron chi connectivity index (χ0n) is 25.4. The molecule has 0 aliphatic heterocycles. The molecule has 0 saturated carbocycles. The molecule has 0 aromatic rings. The van der Waals surface area contributed by atoms with Gasteiger partial charge in [0.05, 0.1) is 6.61 Å². The largest absolute Gasteiger partial charge is 0.461 e. The SMILES string of the molecule is CCCCCCCCCC(C)CCCCC(F)(F)C(=O)OCC(CCCCCC)CCCCCCCC. The summed E-state index contributed by atoms with van der Waals surface area (Å²) < 4.78 is 34.2. The maximum Gasteiger partial charge on any atom is 0.376 e. The van der Waals surface area contributed by atoms with Crippen molar-refractivity contribution in [1.29, 1.82) is 0 Å². The van der Waals surface area contributed by atoms with E-state index in [1.54, 1.807) is 0 Å². The molecular formula is C33H64F2O2. The number of carbonyl (C=O) groups is 1. The maximum absolute atomic E-state index is 14.5. The normalized spacial score (nSPS) is 13.6. The van der Waals surface area contributed by atoms with E-state index in [4.69, 9.17) is 4.74 Å². The quantitative estimate of drug-likeness (QED) is 0.0742. The van der Waals surface area contributed by atoms with Crippen LogP contribution in [0.4, 0.5) is 8.78 Å². The van der Waals surface area contributed by atoms with E-state index in [0.29, 0.717) is 12.3 Å². The fourth-order valence-corrected chi connectivity index (χ4v) is 5.22. The van der Waals surface area contributed by atoms with E-state index in [1.165, 1.54) is 103 Å². The Labute approximate surface area is 230 Å². The van der Waals surface area contributed by atoms with Crippen molar-refractivity contribution in [3.05, 3.63) is 0 Å². The van der Waals surface area contributed by atoms with E-state index in [2.05, 4.69) is 27.7 Å². The van der Waals surface area contributed by atoms with E-state index >= 15 is 0 Å². The molecule has 37 heavy (non-hydrogen) atoms. The van der Waals surface area contributed by atoms with Crippen LogP contribution in [0, 0.1) is 11.8 Å². The zero-order chi connectivity index (χ0) is 27.6. The van der Waals surface area contributed by atoms with Crippen LogP contribution in [-0.2, 0) is 9.53 Å². The first kappa shape index (κ1) is 36.3. The molecule has 0 heterocycles. The lowest BCUT2D eigenvalue weighted by Gasteiger charge is -2.20. The van der Waals surface area contributed by atoms with Crippen LogP contribution in [0.15, 0.2) is 0 Å². The number of ether oxygens (including phenoxy) is 1. The van der Waals surface area contributed by atoms with Gasteiger partial charge in [0.25, 0.3) is 0 Å². The Morgan fingerprint density at radius 3 is 1.46 bits per heavy atom. The fraction of sp³-hybridized carbons (Fsp3) is 0.970. The summed E-state index contributed by atoms with van der Waals surface area (Å²) in [6.45, 7) is 9.03.